The van der Waals surface area contributed by atoms with E-state index in [4.69, 9.17) is 9.16 Å². The Balaban J connectivity index is 2.01. The summed E-state index contributed by atoms with van der Waals surface area (Å²) in [5.74, 6) is 0.239. The summed E-state index contributed by atoms with van der Waals surface area (Å²) < 4.78 is 38.2. The van der Waals surface area contributed by atoms with Gasteiger partial charge in [-0.3, -0.25) is 0 Å². The first-order valence-corrected chi connectivity index (χ1v) is 16.1. The maximum Gasteiger partial charge on any atom is 0.192 e. The topological polar surface area (TPSA) is 52.6 Å². The quantitative estimate of drug-likeness (QED) is 0.260. The number of rotatable bonds is 12. The summed E-state index contributed by atoms with van der Waals surface area (Å²) in [7, 11) is -5.30. The van der Waals surface area contributed by atoms with Crippen LogP contribution in [0.2, 0.25) is 18.1 Å². The van der Waals surface area contributed by atoms with Crippen molar-refractivity contribution in [3.8, 4) is 0 Å². The molecule has 178 valence electrons. The summed E-state index contributed by atoms with van der Waals surface area (Å²) in [5.41, 5.74) is 1.15. The van der Waals surface area contributed by atoms with Crippen LogP contribution in [0.1, 0.15) is 46.1 Å². The van der Waals surface area contributed by atoms with Crippen molar-refractivity contribution in [2.75, 3.05) is 12.4 Å². The van der Waals surface area contributed by atoms with E-state index in [1.165, 1.54) is 0 Å². The first-order chi connectivity index (χ1) is 14.9. The summed E-state index contributed by atoms with van der Waals surface area (Å²) >= 11 is 0. The number of hydrogen-bond acceptors (Lipinski definition) is 4. The Kier molecular flexibility index (Phi) is 9.70. The van der Waals surface area contributed by atoms with E-state index in [1.54, 1.807) is 24.3 Å². The maximum atomic E-state index is 12.8. The Bertz CT molecular complexity index is 906. The van der Waals surface area contributed by atoms with Crippen molar-refractivity contribution >= 4 is 18.2 Å². The largest absolute Gasteiger partial charge is 0.414 e. The summed E-state index contributed by atoms with van der Waals surface area (Å²) in [5, 5.41) is 0.0893. The highest BCUT2D eigenvalue weighted by Crippen LogP contribution is 2.39. The second-order valence-electron chi connectivity index (χ2n) is 10.1. The van der Waals surface area contributed by atoms with Gasteiger partial charge in [-0.1, -0.05) is 76.2 Å². The second-order valence-corrected chi connectivity index (χ2v) is 17.0. The Morgan fingerprint density at radius 3 is 2.03 bits per heavy atom. The highest BCUT2D eigenvalue weighted by Gasteiger charge is 2.40. The van der Waals surface area contributed by atoms with Crippen LogP contribution >= 0.6 is 0 Å². The zero-order chi connectivity index (χ0) is 23.8. The van der Waals surface area contributed by atoms with Gasteiger partial charge in [-0.15, -0.1) is 0 Å². The van der Waals surface area contributed by atoms with Crippen molar-refractivity contribution in [2.45, 2.75) is 76.3 Å². The molecule has 2 rings (SSSR count). The van der Waals surface area contributed by atoms with Gasteiger partial charge in [-0.05, 0) is 54.6 Å². The number of sulfone groups is 1. The van der Waals surface area contributed by atoms with Crippen molar-refractivity contribution < 1.29 is 17.6 Å². The van der Waals surface area contributed by atoms with E-state index >= 15 is 0 Å². The van der Waals surface area contributed by atoms with E-state index in [9.17, 15) is 8.42 Å². The Morgan fingerprint density at radius 2 is 1.47 bits per heavy atom. The van der Waals surface area contributed by atoms with Crippen LogP contribution in [0.4, 0.5) is 0 Å². The molecule has 2 aromatic rings. The number of benzene rings is 2. The molecule has 0 fully saturated rings. The van der Waals surface area contributed by atoms with Crippen LogP contribution in [0.15, 0.2) is 65.6 Å². The molecule has 6 heteroatoms. The van der Waals surface area contributed by atoms with E-state index in [0.29, 0.717) is 24.5 Å². The maximum absolute atomic E-state index is 12.8. The van der Waals surface area contributed by atoms with E-state index in [2.05, 4.69) is 52.9 Å². The number of ether oxygens (including phenoxy) is 1. The lowest BCUT2D eigenvalue weighted by atomic mass is 10.00. The monoisotopic (exact) mass is 476 g/mol. The van der Waals surface area contributed by atoms with E-state index in [0.717, 1.165) is 12.0 Å². The second kappa shape index (κ2) is 11.6. The smallest absolute Gasteiger partial charge is 0.192 e. The standard InChI is InChI=1S/C26H40O4SSi/c1-22(18-20-31(27,28)24-15-11-8-12-16-24)25(30-32(5,6)26(2,3)4)17-19-29-21-23-13-9-7-10-14-23/h7-16,22,25H,17-21H2,1-6H3/t22-,25-/m0/s1. The molecule has 0 aliphatic rings. The van der Waals surface area contributed by atoms with Crippen LogP contribution in [0, 0.1) is 5.92 Å². The average Bonchev–Trinajstić information content (AvgIpc) is 2.74. The van der Waals surface area contributed by atoms with Crippen LogP contribution in [0.25, 0.3) is 0 Å². The van der Waals surface area contributed by atoms with Crippen molar-refractivity contribution in [1.29, 1.82) is 0 Å². The third kappa shape index (κ3) is 8.14. The fourth-order valence-electron chi connectivity index (χ4n) is 3.25. The summed E-state index contributed by atoms with van der Waals surface area (Å²) in [6.45, 7) is 14.5. The minimum Gasteiger partial charge on any atom is -0.414 e. The fourth-order valence-corrected chi connectivity index (χ4v) is 6.20. The average molecular weight is 477 g/mol. The molecule has 0 saturated heterocycles. The van der Waals surface area contributed by atoms with Gasteiger partial charge in [0.15, 0.2) is 18.2 Å². The Morgan fingerprint density at radius 1 is 0.906 bits per heavy atom. The predicted octanol–water partition coefficient (Wildman–Crippen LogP) is 6.48. The highest BCUT2D eigenvalue weighted by atomic mass is 32.2. The molecular weight excluding hydrogens is 436 g/mol. The van der Waals surface area contributed by atoms with Crippen molar-refractivity contribution in [1.82, 2.24) is 0 Å². The lowest BCUT2D eigenvalue weighted by Crippen LogP contribution is -2.46. The van der Waals surface area contributed by atoms with Gasteiger partial charge < -0.3 is 9.16 Å². The van der Waals surface area contributed by atoms with Crippen molar-refractivity contribution in [3.05, 3.63) is 66.2 Å². The third-order valence-electron chi connectivity index (χ3n) is 6.49. The molecule has 2 atom stereocenters. The lowest BCUT2D eigenvalue weighted by molar-refractivity contribution is 0.0545. The molecule has 0 aliphatic heterocycles. The fraction of sp³-hybridized carbons (Fsp3) is 0.538. The molecule has 2 aromatic carbocycles. The predicted molar refractivity (Wildman–Crippen MR) is 135 cm³/mol. The van der Waals surface area contributed by atoms with Gasteiger partial charge >= 0.3 is 0 Å². The minimum absolute atomic E-state index is 0.0300. The van der Waals surface area contributed by atoms with Crippen LogP contribution in [-0.2, 0) is 25.6 Å². The molecule has 0 amide bonds. The first kappa shape index (κ1) is 26.8. The zero-order valence-electron chi connectivity index (χ0n) is 20.5. The third-order valence-corrected chi connectivity index (χ3v) is 12.8. The normalized spacial score (nSPS) is 14.8. The zero-order valence-corrected chi connectivity index (χ0v) is 22.3. The molecule has 0 saturated carbocycles. The Labute approximate surface area is 196 Å². The molecule has 0 radical (unpaired) electrons. The van der Waals surface area contributed by atoms with Gasteiger partial charge in [-0.25, -0.2) is 8.42 Å². The van der Waals surface area contributed by atoms with Gasteiger partial charge in [0.2, 0.25) is 0 Å². The molecular formula is C26H40O4SSi. The van der Waals surface area contributed by atoms with Gasteiger partial charge in [0.25, 0.3) is 0 Å². The Hall–Kier alpha value is -1.47. The molecule has 0 aliphatic carbocycles. The van der Waals surface area contributed by atoms with Gasteiger partial charge in [0.05, 0.1) is 17.3 Å². The SMILES string of the molecule is C[C@@H](CCS(=O)(=O)c1ccccc1)[C@H](CCOCc1ccccc1)O[Si](C)(C)C(C)(C)C. The first-order valence-electron chi connectivity index (χ1n) is 11.5. The van der Waals surface area contributed by atoms with E-state index in [1.807, 2.05) is 24.3 Å². The molecule has 0 aromatic heterocycles. The summed E-state index contributed by atoms with van der Waals surface area (Å²) in [6.07, 6.45) is 1.29. The molecule has 0 N–H and O–H groups in total. The lowest BCUT2D eigenvalue weighted by Gasteiger charge is -2.41. The van der Waals surface area contributed by atoms with Crippen molar-refractivity contribution in [3.63, 3.8) is 0 Å². The van der Waals surface area contributed by atoms with E-state index in [-0.39, 0.29) is 22.8 Å². The molecule has 4 nitrogen and oxygen atoms in total. The minimum atomic E-state index is -3.30. The van der Waals surface area contributed by atoms with Gasteiger partial charge in [0, 0.05) is 12.7 Å². The molecule has 32 heavy (non-hydrogen) atoms. The van der Waals surface area contributed by atoms with E-state index < -0.39 is 18.2 Å². The summed E-state index contributed by atoms with van der Waals surface area (Å²) in [4.78, 5) is 0.389. The molecule has 0 unspecified atom stereocenters. The molecule has 0 spiro atoms. The van der Waals surface area contributed by atoms with Gasteiger partial charge in [-0.2, -0.15) is 0 Å². The molecule has 0 bridgehead atoms. The van der Waals surface area contributed by atoms with Crippen LogP contribution in [-0.4, -0.2) is 35.2 Å². The molecule has 0 heterocycles. The van der Waals surface area contributed by atoms with Crippen LogP contribution in [0.5, 0.6) is 0 Å². The highest BCUT2D eigenvalue weighted by molar-refractivity contribution is 7.91. The number of hydrogen-bond donors (Lipinski definition) is 0. The van der Waals surface area contributed by atoms with Crippen LogP contribution in [0.3, 0.4) is 0 Å². The summed E-state index contributed by atoms with van der Waals surface area (Å²) in [6, 6.07) is 18.8. The van der Waals surface area contributed by atoms with Crippen molar-refractivity contribution in [2.24, 2.45) is 5.92 Å². The van der Waals surface area contributed by atoms with Crippen LogP contribution < -0.4 is 0 Å². The van der Waals surface area contributed by atoms with Gasteiger partial charge in [0.1, 0.15) is 0 Å².